The van der Waals surface area contributed by atoms with E-state index in [0.717, 1.165) is 16.4 Å². The fourth-order valence-corrected chi connectivity index (χ4v) is 2.40. The van der Waals surface area contributed by atoms with Crippen LogP contribution in [-0.2, 0) is 4.74 Å². The van der Waals surface area contributed by atoms with Gasteiger partial charge in [0.05, 0.1) is 0 Å². The standard InChI is InChI=1S/C15H21IN2O3/c1-15(2,3)21-14(19)18-8-6-12(7-9-18)20-13-5-4-11(16)10-17-13/h4-5,10,12H,6-9H2,1-3H3. The van der Waals surface area contributed by atoms with Crippen molar-refractivity contribution in [3.05, 3.63) is 21.9 Å². The van der Waals surface area contributed by atoms with Crippen molar-refractivity contribution in [1.82, 2.24) is 9.88 Å². The average molecular weight is 404 g/mol. The summed E-state index contributed by atoms with van der Waals surface area (Å²) in [5.41, 5.74) is -0.449. The molecule has 0 bridgehead atoms. The summed E-state index contributed by atoms with van der Waals surface area (Å²) in [6, 6.07) is 3.85. The number of carbonyl (C=O) groups excluding carboxylic acids is 1. The lowest BCUT2D eigenvalue weighted by molar-refractivity contribution is 0.0123. The Hall–Kier alpha value is -1.05. The van der Waals surface area contributed by atoms with Crippen molar-refractivity contribution in [1.29, 1.82) is 0 Å². The van der Waals surface area contributed by atoms with Crippen LogP contribution < -0.4 is 4.74 Å². The normalized spacial score (nSPS) is 16.7. The zero-order chi connectivity index (χ0) is 15.5. The second-order valence-electron chi connectivity index (χ2n) is 6.10. The highest BCUT2D eigenvalue weighted by molar-refractivity contribution is 14.1. The minimum Gasteiger partial charge on any atom is -0.474 e. The van der Waals surface area contributed by atoms with Crippen LogP contribution in [0.15, 0.2) is 18.3 Å². The molecular formula is C15H21IN2O3. The summed E-state index contributed by atoms with van der Waals surface area (Å²) in [5, 5.41) is 0. The highest BCUT2D eigenvalue weighted by Gasteiger charge is 2.27. The molecule has 0 N–H and O–H groups in total. The molecule has 6 heteroatoms. The van der Waals surface area contributed by atoms with Crippen LogP contribution in [0.3, 0.4) is 0 Å². The number of nitrogens with zero attached hydrogens (tertiary/aromatic N) is 2. The molecule has 0 radical (unpaired) electrons. The van der Waals surface area contributed by atoms with E-state index in [1.165, 1.54) is 0 Å². The van der Waals surface area contributed by atoms with Crippen molar-refractivity contribution in [2.45, 2.75) is 45.3 Å². The third kappa shape index (κ3) is 5.33. The Morgan fingerprint density at radius 1 is 1.33 bits per heavy atom. The third-order valence-electron chi connectivity index (χ3n) is 3.08. The maximum atomic E-state index is 12.0. The van der Waals surface area contributed by atoms with Crippen molar-refractivity contribution in [2.24, 2.45) is 0 Å². The zero-order valence-electron chi connectivity index (χ0n) is 12.6. The molecule has 1 saturated heterocycles. The number of hydrogen-bond donors (Lipinski definition) is 0. The minimum absolute atomic E-state index is 0.108. The maximum Gasteiger partial charge on any atom is 0.410 e. The van der Waals surface area contributed by atoms with Gasteiger partial charge in [-0.15, -0.1) is 0 Å². The first-order valence-electron chi connectivity index (χ1n) is 7.09. The molecule has 116 valence electrons. The van der Waals surface area contributed by atoms with Crippen LogP contribution in [0, 0.1) is 3.57 Å². The van der Waals surface area contributed by atoms with Crippen LogP contribution in [0.25, 0.3) is 0 Å². The maximum absolute atomic E-state index is 12.0. The molecule has 1 fully saturated rings. The molecule has 1 aliphatic heterocycles. The van der Waals surface area contributed by atoms with E-state index in [0.29, 0.717) is 19.0 Å². The van der Waals surface area contributed by atoms with E-state index in [2.05, 4.69) is 27.6 Å². The van der Waals surface area contributed by atoms with E-state index in [-0.39, 0.29) is 12.2 Å². The Bertz CT molecular complexity index is 477. The van der Waals surface area contributed by atoms with Gasteiger partial charge in [-0.2, -0.15) is 0 Å². The van der Waals surface area contributed by atoms with Crippen molar-refractivity contribution >= 4 is 28.7 Å². The number of rotatable bonds is 2. The van der Waals surface area contributed by atoms with Crippen molar-refractivity contribution < 1.29 is 14.3 Å². The van der Waals surface area contributed by atoms with Gasteiger partial charge in [0.25, 0.3) is 0 Å². The molecule has 0 unspecified atom stereocenters. The first-order valence-corrected chi connectivity index (χ1v) is 8.17. The van der Waals surface area contributed by atoms with E-state index in [1.54, 1.807) is 11.1 Å². The Morgan fingerprint density at radius 2 is 2.00 bits per heavy atom. The van der Waals surface area contributed by atoms with Crippen LogP contribution in [0.5, 0.6) is 5.88 Å². The molecule has 2 rings (SSSR count). The zero-order valence-corrected chi connectivity index (χ0v) is 14.8. The average Bonchev–Trinajstić information content (AvgIpc) is 2.40. The van der Waals surface area contributed by atoms with Crippen LogP contribution >= 0.6 is 22.6 Å². The van der Waals surface area contributed by atoms with Gasteiger partial charge >= 0.3 is 6.09 Å². The Balaban J connectivity index is 1.80. The first-order chi connectivity index (χ1) is 9.83. The molecule has 1 aromatic heterocycles. The summed E-state index contributed by atoms with van der Waals surface area (Å²) < 4.78 is 12.3. The fraction of sp³-hybridized carbons (Fsp3) is 0.600. The SMILES string of the molecule is CC(C)(C)OC(=O)N1CCC(Oc2ccc(I)cn2)CC1. The van der Waals surface area contributed by atoms with Gasteiger partial charge in [0, 0.05) is 41.8 Å². The molecule has 5 nitrogen and oxygen atoms in total. The molecule has 0 spiro atoms. The Morgan fingerprint density at radius 3 is 2.52 bits per heavy atom. The van der Waals surface area contributed by atoms with Crippen LogP contribution in [0.2, 0.25) is 0 Å². The topological polar surface area (TPSA) is 51.7 Å². The Kier molecular flexibility index (Phi) is 5.29. The molecule has 0 atom stereocenters. The number of piperidine rings is 1. The highest BCUT2D eigenvalue weighted by Crippen LogP contribution is 2.19. The highest BCUT2D eigenvalue weighted by atomic mass is 127. The lowest BCUT2D eigenvalue weighted by atomic mass is 10.1. The van der Waals surface area contributed by atoms with E-state index < -0.39 is 5.60 Å². The number of ether oxygens (including phenoxy) is 2. The number of pyridine rings is 1. The number of amides is 1. The van der Waals surface area contributed by atoms with Gasteiger partial charge in [-0.25, -0.2) is 9.78 Å². The smallest absolute Gasteiger partial charge is 0.410 e. The molecule has 0 aromatic carbocycles. The van der Waals surface area contributed by atoms with E-state index in [1.807, 2.05) is 32.9 Å². The number of hydrogen-bond acceptors (Lipinski definition) is 4. The van der Waals surface area contributed by atoms with Crippen LogP contribution in [0.1, 0.15) is 33.6 Å². The molecule has 1 aliphatic rings. The summed E-state index contributed by atoms with van der Waals surface area (Å²) in [7, 11) is 0. The Labute approximate surface area is 139 Å². The molecule has 0 saturated carbocycles. The number of halogens is 1. The van der Waals surface area contributed by atoms with Crippen LogP contribution in [0.4, 0.5) is 4.79 Å². The summed E-state index contributed by atoms with van der Waals surface area (Å²) >= 11 is 2.21. The van der Waals surface area contributed by atoms with Gasteiger partial charge in [-0.05, 0) is 49.4 Å². The van der Waals surface area contributed by atoms with Crippen molar-refractivity contribution in [3.8, 4) is 5.88 Å². The molecule has 1 aromatic rings. The molecular weight excluding hydrogens is 383 g/mol. The molecule has 2 heterocycles. The molecule has 21 heavy (non-hydrogen) atoms. The summed E-state index contributed by atoms with van der Waals surface area (Å²) in [6.45, 7) is 6.95. The molecule has 0 aliphatic carbocycles. The summed E-state index contributed by atoms with van der Waals surface area (Å²) in [4.78, 5) is 17.9. The monoisotopic (exact) mass is 404 g/mol. The van der Waals surface area contributed by atoms with Gasteiger partial charge in [0.2, 0.25) is 5.88 Å². The van der Waals surface area contributed by atoms with Gasteiger partial charge in [-0.3, -0.25) is 0 Å². The fourth-order valence-electron chi connectivity index (χ4n) is 2.09. The van der Waals surface area contributed by atoms with Gasteiger partial charge in [0.15, 0.2) is 0 Å². The van der Waals surface area contributed by atoms with Gasteiger partial charge < -0.3 is 14.4 Å². The van der Waals surface area contributed by atoms with E-state index in [9.17, 15) is 4.79 Å². The van der Waals surface area contributed by atoms with Crippen molar-refractivity contribution in [3.63, 3.8) is 0 Å². The van der Waals surface area contributed by atoms with Gasteiger partial charge in [0.1, 0.15) is 11.7 Å². The van der Waals surface area contributed by atoms with E-state index >= 15 is 0 Å². The van der Waals surface area contributed by atoms with E-state index in [4.69, 9.17) is 9.47 Å². The number of carbonyl (C=O) groups is 1. The second kappa shape index (κ2) is 6.81. The summed E-state index contributed by atoms with van der Waals surface area (Å²) in [6.07, 6.45) is 3.25. The predicted molar refractivity (Wildman–Crippen MR) is 88.4 cm³/mol. The van der Waals surface area contributed by atoms with Crippen molar-refractivity contribution in [2.75, 3.05) is 13.1 Å². The first kappa shape index (κ1) is 16.3. The lowest BCUT2D eigenvalue weighted by Crippen LogP contribution is -2.44. The lowest BCUT2D eigenvalue weighted by Gasteiger charge is -2.33. The van der Waals surface area contributed by atoms with Gasteiger partial charge in [-0.1, -0.05) is 0 Å². The largest absolute Gasteiger partial charge is 0.474 e. The summed E-state index contributed by atoms with van der Waals surface area (Å²) in [5.74, 6) is 0.645. The number of likely N-dealkylation sites (tertiary alicyclic amines) is 1. The predicted octanol–water partition coefficient (Wildman–Crippen LogP) is 3.46. The minimum atomic E-state index is -0.449. The van der Waals surface area contributed by atoms with Crippen LogP contribution in [-0.4, -0.2) is 40.8 Å². The number of aromatic nitrogens is 1. The quantitative estimate of drug-likeness (QED) is 0.709. The molecule has 1 amide bonds. The second-order valence-corrected chi connectivity index (χ2v) is 7.34. The third-order valence-corrected chi connectivity index (χ3v) is 3.72.